The van der Waals surface area contributed by atoms with Crippen LogP contribution < -0.4 is 0 Å². The van der Waals surface area contributed by atoms with Gasteiger partial charge in [-0.25, -0.2) is 0 Å². The standard InChI is InChI=1S/C18H18O2S/c1-13(19)16(18(20)21-2)17(14-9-5-3-6-10-14)15-11-7-4-8-12-15/h3-12,16-17H,1-2H3. The number of thioether (sulfide) groups is 1. The van der Waals surface area contributed by atoms with Crippen LogP contribution in [0, 0.1) is 5.92 Å². The van der Waals surface area contributed by atoms with Crippen LogP contribution in [0.5, 0.6) is 0 Å². The number of hydrogen-bond donors (Lipinski definition) is 0. The topological polar surface area (TPSA) is 34.1 Å². The fraction of sp³-hybridized carbons (Fsp3) is 0.222. The van der Waals surface area contributed by atoms with Crippen LogP contribution >= 0.6 is 11.8 Å². The molecule has 2 aromatic carbocycles. The Morgan fingerprint density at radius 3 is 1.62 bits per heavy atom. The molecular weight excluding hydrogens is 280 g/mol. The second-order valence-corrected chi connectivity index (χ2v) is 5.72. The van der Waals surface area contributed by atoms with Gasteiger partial charge in [0.25, 0.3) is 0 Å². The summed E-state index contributed by atoms with van der Waals surface area (Å²) < 4.78 is 0. The second kappa shape index (κ2) is 7.23. The first kappa shape index (κ1) is 15.5. The lowest BCUT2D eigenvalue weighted by atomic mass is 9.79. The zero-order valence-corrected chi connectivity index (χ0v) is 13.0. The third-order valence-electron chi connectivity index (χ3n) is 3.54. The lowest BCUT2D eigenvalue weighted by molar-refractivity contribution is -0.127. The molecule has 0 bridgehead atoms. The van der Waals surface area contributed by atoms with Gasteiger partial charge in [-0.1, -0.05) is 72.4 Å². The molecule has 2 aromatic rings. The summed E-state index contributed by atoms with van der Waals surface area (Å²) in [6.45, 7) is 1.50. The van der Waals surface area contributed by atoms with Gasteiger partial charge in [0.1, 0.15) is 5.78 Å². The summed E-state index contributed by atoms with van der Waals surface area (Å²) in [5, 5.41) is -0.0831. The Kier molecular flexibility index (Phi) is 5.34. The van der Waals surface area contributed by atoms with E-state index in [0.29, 0.717) is 0 Å². The molecular formula is C18H18O2S. The van der Waals surface area contributed by atoms with Crippen molar-refractivity contribution < 1.29 is 9.59 Å². The Morgan fingerprint density at radius 1 is 0.857 bits per heavy atom. The maximum absolute atomic E-state index is 12.3. The Balaban J connectivity index is 2.55. The average molecular weight is 298 g/mol. The van der Waals surface area contributed by atoms with E-state index in [1.807, 2.05) is 60.7 Å². The summed E-state index contributed by atoms with van der Waals surface area (Å²) in [5.74, 6) is -0.971. The van der Waals surface area contributed by atoms with E-state index in [0.717, 1.165) is 22.9 Å². The molecule has 0 radical (unpaired) electrons. The number of hydrogen-bond acceptors (Lipinski definition) is 3. The highest BCUT2D eigenvalue weighted by Crippen LogP contribution is 2.35. The molecule has 3 heteroatoms. The van der Waals surface area contributed by atoms with E-state index in [1.165, 1.54) is 6.92 Å². The number of benzene rings is 2. The third kappa shape index (κ3) is 3.61. The Bertz CT molecular complexity index is 568. The van der Waals surface area contributed by atoms with Crippen LogP contribution in [-0.4, -0.2) is 17.2 Å². The minimum Gasteiger partial charge on any atom is -0.299 e. The molecule has 0 saturated heterocycles. The SMILES string of the molecule is CSC(=O)C(C(C)=O)C(c1ccccc1)c1ccccc1. The largest absolute Gasteiger partial charge is 0.299 e. The van der Waals surface area contributed by atoms with Crippen LogP contribution in [0.4, 0.5) is 0 Å². The summed E-state index contributed by atoms with van der Waals surface area (Å²) in [4.78, 5) is 24.4. The molecule has 0 heterocycles. The summed E-state index contributed by atoms with van der Waals surface area (Å²) in [5.41, 5.74) is 1.98. The molecule has 2 rings (SSSR count). The molecule has 0 saturated carbocycles. The van der Waals surface area contributed by atoms with Gasteiger partial charge in [0.05, 0.1) is 5.92 Å². The predicted molar refractivity (Wildman–Crippen MR) is 87.4 cm³/mol. The van der Waals surface area contributed by atoms with E-state index in [-0.39, 0.29) is 16.8 Å². The Labute approximate surface area is 129 Å². The molecule has 0 aliphatic carbocycles. The summed E-state index contributed by atoms with van der Waals surface area (Å²) in [6.07, 6.45) is 1.73. The molecule has 0 fully saturated rings. The number of rotatable bonds is 5. The zero-order valence-electron chi connectivity index (χ0n) is 12.2. The molecule has 0 spiro atoms. The number of carbonyl (C=O) groups is 2. The molecule has 108 valence electrons. The molecule has 0 aliphatic heterocycles. The van der Waals surface area contributed by atoms with Gasteiger partial charge >= 0.3 is 0 Å². The predicted octanol–water partition coefficient (Wildman–Crippen LogP) is 3.91. The van der Waals surface area contributed by atoms with Crippen molar-refractivity contribution in [3.05, 3.63) is 71.8 Å². The van der Waals surface area contributed by atoms with Crippen LogP contribution in [0.15, 0.2) is 60.7 Å². The van der Waals surface area contributed by atoms with Gasteiger partial charge in [-0.15, -0.1) is 0 Å². The van der Waals surface area contributed by atoms with Gasteiger partial charge in [0.15, 0.2) is 5.12 Å². The lowest BCUT2D eigenvalue weighted by Crippen LogP contribution is -2.27. The number of ketones is 1. The first-order chi connectivity index (χ1) is 10.1. The zero-order chi connectivity index (χ0) is 15.2. The molecule has 0 aliphatic rings. The molecule has 0 N–H and O–H groups in total. The van der Waals surface area contributed by atoms with Gasteiger partial charge < -0.3 is 0 Å². The molecule has 2 nitrogen and oxygen atoms in total. The van der Waals surface area contributed by atoms with E-state index < -0.39 is 5.92 Å². The van der Waals surface area contributed by atoms with E-state index >= 15 is 0 Å². The van der Waals surface area contributed by atoms with Gasteiger partial charge in [0, 0.05) is 5.92 Å². The molecule has 1 atom stereocenters. The third-order valence-corrected chi connectivity index (χ3v) is 4.20. The first-order valence-corrected chi connectivity index (χ1v) is 8.05. The van der Waals surface area contributed by atoms with Crippen molar-refractivity contribution in [1.82, 2.24) is 0 Å². The van der Waals surface area contributed by atoms with Crippen molar-refractivity contribution in [3.8, 4) is 0 Å². The minimum absolute atomic E-state index is 0.0831. The van der Waals surface area contributed by atoms with Crippen LogP contribution in [0.25, 0.3) is 0 Å². The molecule has 21 heavy (non-hydrogen) atoms. The highest BCUT2D eigenvalue weighted by atomic mass is 32.2. The van der Waals surface area contributed by atoms with Gasteiger partial charge in [-0.3, -0.25) is 9.59 Å². The van der Waals surface area contributed by atoms with Crippen molar-refractivity contribution >= 4 is 22.7 Å². The van der Waals surface area contributed by atoms with Crippen molar-refractivity contribution in [2.75, 3.05) is 6.26 Å². The lowest BCUT2D eigenvalue weighted by Gasteiger charge is -2.24. The fourth-order valence-corrected chi connectivity index (χ4v) is 3.12. The first-order valence-electron chi connectivity index (χ1n) is 6.83. The van der Waals surface area contributed by atoms with E-state index in [9.17, 15) is 9.59 Å². The van der Waals surface area contributed by atoms with Crippen LogP contribution in [0.2, 0.25) is 0 Å². The Morgan fingerprint density at radius 2 is 1.29 bits per heavy atom. The van der Waals surface area contributed by atoms with Crippen molar-refractivity contribution in [3.63, 3.8) is 0 Å². The quantitative estimate of drug-likeness (QED) is 0.785. The summed E-state index contributed by atoms with van der Waals surface area (Å²) in [7, 11) is 0. The van der Waals surface area contributed by atoms with E-state index in [1.54, 1.807) is 6.26 Å². The van der Waals surface area contributed by atoms with Crippen molar-refractivity contribution in [2.24, 2.45) is 5.92 Å². The average Bonchev–Trinajstić information content (AvgIpc) is 2.53. The normalized spacial score (nSPS) is 12.1. The number of Topliss-reactive ketones (excluding diaryl/α,β-unsaturated/α-hetero) is 1. The molecule has 1 unspecified atom stereocenters. The van der Waals surface area contributed by atoms with Gasteiger partial charge in [-0.05, 0) is 24.3 Å². The van der Waals surface area contributed by atoms with Crippen LogP contribution in [-0.2, 0) is 9.59 Å². The highest BCUT2D eigenvalue weighted by Gasteiger charge is 2.33. The van der Waals surface area contributed by atoms with Crippen LogP contribution in [0.1, 0.15) is 24.0 Å². The molecule has 0 aromatic heterocycles. The minimum atomic E-state index is -0.648. The smallest absolute Gasteiger partial charge is 0.200 e. The number of carbonyl (C=O) groups excluding carboxylic acids is 2. The van der Waals surface area contributed by atoms with Gasteiger partial charge in [-0.2, -0.15) is 0 Å². The fourth-order valence-electron chi connectivity index (χ4n) is 2.56. The highest BCUT2D eigenvalue weighted by molar-refractivity contribution is 8.13. The van der Waals surface area contributed by atoms with Crippen LogP contribution in [0.3, 0.4) is 0 Å². The van der Waals surface area contributed by atoms with Crippen molar-refractivity contribution in [2.45, 2.75) is 12.8 Å². The van der Waals surface area contributed by atoms with Gasteiger partial charge in [0.2, 0.25) is 0 Å². The monoisotopic (exact) mass is 298 g/mol. The Hall–Kier alpha value is -1.87. The van der Waals surface area contributed by atoms with E-state index in [4.69, 9.17) is 0 Å². The van der Waals surface area contributed by atoms with E-state index in [2.05, 4.69) is 0 Å². The maximum atomic E-state index is 12.3. The maximum Gasteiger partial charge on any atom is 0.200 e. The molecule has 0 amide bonds. The summed E-state index contributed by atoms with van der Waals surface area (Å²) >= 11 is 1.12. The van der Waals surface area contributed by atoms with Crippen molar-refractivity contribution in [1.29, 1.82) is 0 Å². The second-order valence-electron chi connectivity index (χ2n) is 4.91. The summed E-state index contributed by atoms with van der Waals surface area (Å²) in [6, 6.07) is 19.5.